The number of aromatic nitrogens is 3. The van der Waals surface area contributed by atoms with Crippen LogP contribution >= 0.6 is 11.8 Å². The van der Waals surface area contributed by atoms with Crippen LogP contribution in [0.5, 0.6) is 0 Å². The molecule has 1 aliphatic rings. The lowest BCUT2D eigenvalue weighted by atomic mass is 10.1. The van der Waals surface area contributed by atoms with E-state index in [1.807, 2.05) is 21.9 Å². The van der Waals surface area contributed by atoms with Gasteiger partial charge in [-0.3, -0.25) is 14.2 Å². The maximum atomic E-state index is 13.0. The molecule has 1 aromatic heterocycles. The van der Waals surface area contributed by atoms with Crippen LogP contribution < -0.4 is 0 Å². The van der Waals surface area contributed by atoms with Crippen molar-refractivity contribution in [3.8, 4) is 17.1 Å². The highest BCUT2D eigenvalue weighted by Crippen LogP contribution is 2.30. The number of amides is 2. The van der Waals surface area contributed by atoms with Crippen molar-refractivity contribution in [2.75, 3.05) is 25.4 Å². The summed E-state index contributed by atoms with van der Waals surface area (Å²) in [6, 6.07) is 16.7. The second-order valence-corrected chi connectivity index (χ2v) is 12.2. The van der Waals surface area contributed by atoms with Gasteiger partial charge in [0.15, 0.2) is 11.0 Å². The molecule has 4 rings (SSSR count). The highest BCUT2D eigenvalue weighted by atomic mass is 32.2. The molecular formula is C33H45N5O2S. The molecule has 2 aromatic carbocycles. The molecule has 1 atom stereocenters. The van der Waals surface area contributed by atoms with Crippen molar-refractivity contribution in [3.05, 3.63) is 59.7 Å². The first-order valence-electron chi connectivity index (χ1n) is 15.2. The maximum Gasteiger partial charge on any atom is 0.222 e. The molecule has 7 nitrogen and oxygen atoms in total. The Morgan fingerprint density at radius 1 is 0.878 bits per heavy atom. The number of aryl methyl sites for hydroxylation is 2. The molecule has 2 amide bonds. The van der Waals surface area contributed by atoms with E-state index in [0.29, 0.717) is 32.5 Å². The summed E-state index contributed by atoms with van der Waals surface area (Å²) >= 11 is 1.64. The first kappa shape index (κ1) is 30.8. The van der Waals surface area contributed by atoms with Crippen LogP contribution in [0.15, 0.2) is 53.7 Å². The highest BCUT2D eigenvalue weighted by molar-refractivity contribution is 7.99. The van der Waals surface area contributed by atoms with E-state index in [-0.39, 0.29) is 17.9 Å². The molecule has 2 heterocycles. The molecule has 220 valence electrons. The first-order chi connectivity index (χ1) is 19.9. The van der Waals surface area contributed by atoms with Crippen molar-refractivity contribution in [2.24, 2.45) is 0 Å². The van der Waals surface area contributed by atoms with Crippen molar-refractivity contribution in [1.82, 2.24) is 24.6 Å². The Hall–Kier alpha value is -3.13. The molecule has 1 fully saturated rings. The molecule has 1 saturated heterocycles. The summed E-state index contributed by atoms with van der Waals surface area (Å²) in [5, 5.41) is 9.95. The number of unbranched alkanes of at least 4 members (excludes halogenated alkanes) is 4. The minimum absolute atomic E-state index is 0.0677. The summed E-state index contributed by atoms with van der Waals surface area (Å²) in [4.78, 5) is 29.7. The second kappa shape index (κ2) is 15.2. The van der Waals surface area contributed by atoms with Gasteiger partial charge in [-0.15, -0.1) is 10.2 Å². The van der Waals surface area contributed by atoms with E-state index in [2.05, 4.69) is 78.9 Å². The van der Waals surface area contributed by atoms with Crippen LogP contribution in [0.25, 0.3) is 17.1 Å². The van der Waals surface area contributed by atoms with Crippen molar-refractivity contribution >= 4 is 23.6 Å². The van der Waals surface area contributed by atoms with Crippen LogP contribution in [-0.2, 0) is 9.59 Å². The van der Waals surface area contributed by atoms with Crippen LogP contribution in [0.1, 0.15) is 76.3 Å². The third-order valence-corrected chi connectivity index (χ3v) is 8.88. The molecule has 0 radical (unpaired) electrons. The zero-order chi connectivity index (χ0) is 29.2. The molecule has 1 unspecified atom stereocenters. The van der Waals surface area contributed by atoms with Gasteiger partial charge in [-0.25, -0.2) is 0 Å². The van der Waals surface area contributed by atoms with Gasteiger partial charge in [0.25, 0.3) is 0 Å². The van der Waals surface area contributed by atoms with E-state index >= 15 is 0 Å². The molecule has 0 bridgehead atoms. The van der Waals surface area contributed by atoms with Crippen LogP contribution in [0.2, 0.25) is 0 Å². The Balaban J connectivity index is 1.30. The zero-order valence-corrected chi connectivity index (χ0v) is 26.0. The third kappa shape index (κ3) is 8.22. The fourth-order valence-electron chi connectivity index (χ4n) is 5.41. The van der Waals surface area contributed by atoms with Crippen molar-refractivity contribution in [1.29, 1.82) is 0 Å². The van der Waals surface area contributed by atoms with Crippen molar-refractivity contribution in [2.45, 2.75) is 90.3 Å². The van der Waals surface area contributed by atoms with Crippen LogP contribution in [0.3, 0.4) is 0 Å². The van der Waals surface area contributed by atoms with E-state index < -0.39 is 0 Å². The Morgan fingerprint density at radius 3 is 2.34 bits per heavy atom. The van der Waals surface area contributed by atoms with Gasteiger partial charge in [-0.2, -0.15) is 0 Å². The van der Waals surface area contributed by atoms with Crippen molar-refractivity contribution < 1.29 is 9.59 Å². The number of benzene rings is 2. The monoisotopic (exact) mass is 575 g/mol. The number of hydrogen-bond donors (Lipinski definition) is 0. The van der Waals surface area contributed by atoms with E-state index in [9.17, 15) is 9.59 Å². The van der Waals surface area contributed by atoms with Gasteiger partial charge in [0.2, 0.25) is 11.8 Å². The number of piperazine rings is 1. The largest absolute Gasteiger partial charge is 0.339 e. The number of rotatable bonds is 13. The first-order valence-corrected chi connectivity index (χ1v) is 16.2. The predicted octanol–water partition coefficient (Wildman–Crippen LogP) is 6.84. The number of carbonyl (C=O) groups excluding carboxylic acids is 2. The standard InChI is InChI=1S/C33H45N5O2S/c1-5-6-7-8-9-15-31(40)37-22-21-36(24-27(37)4)30(39)16-12-23-41-33-35-34-32(28-19-17-25(2)18-20-28)38(33)29-14-11-10-13-26(29)3/h10-11,13-14,17-20,27H,5-9,12,15-16,21-24H2,1-4H3. The summed E-state index contributed by atoms with van der Waals surface area (Å²) in [7, 11) is 0. The van der Waals surface area contributed by atoms with E-state index in [1.165, 1.54) is 24.8 Å². The van der Waals surface area contributed by atoms with Gasteiger partial charge in [-0.05, 0) is 45.2 Å². The summed E-state index contributed by atoms with van der Waals surface area (Å²) in [5.41, 5.74) is 4.45. The van der Waals surface area contributed by atoms with E-state index in [0.717, 1.165) is 52.8 Å². The maximum absolute atomic E-state index is 13.0. The zero-order valence-electron chi connectivity index (χ0n) is 25.1. The van der Waals surface area contributed by atoms with Crippen LogP contribution in [0, 0.1) is 13.8 Å². The van der Waals surface area contributed by atoms with Gasteiger partial charge in [0.1, 0.15) is 0 Å². The number of hydrogen-bond acceptors (Lipinski definition) is 5. The van der Waals surface area contributed by atoms with Crippen LogP contribution in [-0.4, -0.2) is 67.8 Å². The van der Waals surface area contributed by atoms with Gasteiger partial charge in [-0.1, -0.05) is 92.4 Å². The minimum atomic E-state index is 0.0677. The molecule has 41 heavy (non-hydrogen) atoms. The number of thioether (sulfide) groups is 1. The topological polar surface area (TPSA) is 71.3 Å². The second-order valence-electron chi connectivity index (χ2n) is 11.2. The van der Waals surface area contributed by atoms with Crippen molar-refractivity contribution in [3.63, 3.8) is 0 Å². The quantitative estimate of drug-likeness (QED) is 0.165. The van der Waals surface area contributed by atoms with Gasteiger partial charge >= 0.3 is 0 Å². The number of nitrogens with zero attached hydrogens (tertiary/aromatic N) is 5. The van der Waals surface area contributed by atoms with Gasteiger partial charge in [0.05, 0.1) is 5.69 Å². The average Bonchev–Trinajstić information content (AvgIpc) is 3.39. The van der Waals surface area contributed by atoms with E-state index in [1.54, 1.807) is 11.8 Å². The molecule has 0 spiro atoms. The molecule has 0 N–H and O–H groups in total. The Bertz CT molecular complexity index is 1290. The lowest BCUT2D eigenvalue weighted by molar-refractivity contribution is -0.142. The van der Waals surface area contributed by atoms with E-state index in [4.69, 9.17) is 0 Å². The highest BCUT2D eigenvalue weighted by Gasteiger charge is 2.29. The third-order valence-electron chi connectivity index (χ3n) is 7.86. The number of para-hydroxylation sites is 1. The molecular weight excluding hydrogens is 530 g/mol. The van der Waals surface area contributed by atoms with Gasteiger partial charge < -0.3 is 9.80 Å². The molecule has 8 heteroatoms. The smallest absolute Gasteiger partial charge is 0.222 e. The molecule has 1 aliphatic heterocycles. The lowest BCUT2D eigenvalue weighted by Crippen LogP contribution is -2.55. The van der Waals surface area contributed by atoms with Crippen LogP contribution in [0.4, 0.5) is 0 Å². The van der Waals surface area contributed by atoms with Gasteiger partial charge in [0, 0.05) is 49.8 Å². The lowest BCUT2D eigenvalue weighted by Gasteiger charge is -2.40. The average molecular weight is 576 g/mol. The predicted molar refractivity (Wildman–Crippen MR) is 167 cm³/mol. The Morgan fingerprint density at radius 2 is 1.61 bits per heavy atom. The SMILES string of the molecule is CCCCCCCC(=O)N1CCN(C(=O)CCCSc2nnc(-c3ccc(C)cc3)n2-c2ccccc2C)CC1C. The summed E-state index contributed by atoms with van der Waals surface area (Å²) in [5.74, 6) is 2.00. The Labute approximate surface area is 249 Å². The fourth-order valence-corrected chi connectivity index (χ4v) is 6.29. The Kier molecular flexibility index (Phi) is 11.4. The molecule has 0 saturated carbocycles. The normalized spacial score (nSPS) is 15.4. The fraction of sp³-hybridized carbons (Fsp3) is 0.515. The number of carbonyl (C=O) groups is 2. The summed E-state index contributed by atoms with van der Waals surface area (Å²) in [6.07, 6.45) is 7.63. The molecule has 3 aromatic rings. The molecule has 0 aliphatic carbocycles. The summed E-state index contributed by atoms with van der Waals surface area (Å²) < 4.78 is 2.13. The summed E-state index contributed by atoms with van der Waals surface area (Å²) in [6.45, 7) is 10.3. The minimum Gasteiger partial charge on any atom is -0.339 e.